The van der Waals surface area contributed by atoms with E-state index in [-0.39, 0.29) is 11.8 Å². The van der Waals surface area contributed by atoms with Gasteiger partial charge in [-0.15, -0.1) is 0 Å². The van der Waals surface area contributed by atoms with E-state index in [0.717, 1.165) is 19.4 Å². The average Bonchev–Trinajstić information content (AvgIpc) is 2.27. The highest BCUT2D eigenvalue weighted by atomic mass is 16.2. The lowest BCUT2D eigenvalue weighted by Gasteiger charge is -2.39. The van der Waals surface area contributed by atoms with E-state index in [1.54, 1.807) is 0 Å². The van der Waals surface area contributed by atoms with Crippen LogP contribution in [0.3, 0.4) is 0 Å². The van der Waals surface area contributed by atoms with E-state index in [2.05, 4.69) is 18.7 Å². The predicted molar refractivity (Wildman–Crippen MR) is 62.4 cm³/mol. The Hall–Kier alpha value is -0.570. The summed E-state index contributed by atoms with van der Waals surface area (Å²) in [6.07, 6.45) is 3.55. The van der Waals surface area contributed by atoms with Crippen LogP contribution in [0.5, 0.6) is 0 Å². The van der Waals surface area contributed by atoms with Crippen LogP contribution < -0.4 is 5.73 Å². The molecule has 0 bridgehead atoms. The number of piperidine rings is 1. The quantitative estimate of drug-likeness (QED) is 0.772. The van der Waals surface area contributed by atoms with Gasteiger partial charge >= 0.3 is 0 Å². The number of hydrogen-bond donors (Lipinski definition) is 1. The molecule has 0 aliphatic carbocycles. The molecule has 2 atom stereocenters. The van der Waals surface area contributed by atoms with Gasteiger partial charge in [0.1, 0.15) is 0 Å². The second-order valence-corrected chi connectivity index (χ2v) is 4.98. The maximum atomic E-state index is 12.1. The van der Waals surface area contributed by atoms with Gasteiger partial charge in [0.25, 0.3) is 0 Å². The van der Waals surface area contributed by atoms with Crippen LogP contribution >= 0.6 is 0 Å². The van der Waals surface area contributed by atoms with Crippen molar-refractivity contribution in [3.63, 3.8) is 0 Å². The lowest BCUT2D eigenvalue weighted by atomic mass is 9.91. The van der Waals surface area contributed by atoms with Crippen LogP contribution in [0.2, 0.25) is 0 Å². The van der Waals surface area contributed by atoms with E-state index in [4.69, 9.17) is 5.73 Å². The molecule has 1 amide bonds. The summed E-state index contributed by atoms with van der Waals surface area (Å²) in [5.41, 5.74) is 5.55. The first-order valence-corrected chi connectivity index (χ1v) is 6.08. The highest BCUT2D eigenvalue weighted by Gasteiger charge is 2.30. The Morgan fingerprint density at radius 1 is 1.40 bits per heavy atom. The molecule has 3 nitrogen and oxygen atoms in total. The Morgan fingerprint density at radius 2 is 2.07 bits per heavy atom. The summed E-state index contributed by atoms with van der Waals surface area (Å²) in [6.45, 7) is 7.70. The minimum absolute atomic E-state index is 0.0238. The van der Waals surface area contributed by atoms with Gasteiger partial charge in [-0.25, -0.2) is 0 Å². The number of rotatable bonds is 3. The SMILES string of the molecule is CC(CN)C(=O)N1CCCCC1C(C)C. The summed E-state index contributed by atoms with van der Waals surface area (Å²) in [6, 6.07) is 0.431. The van der Waals surface area contributed by atoms with E-state index in [1.165, 1.54) is 6.42 Å². The summed E-state index contributed by atoms with van der Waals surface area (Å²) >= 11 is 0. The zero-order valence-corrected chi connectivity index (χ0v) is 10.2. The van der Waals surface area contributed by atoms with Gasteiger partial charge in [0.05, 0.1) is 0 Å². The number of amides is 1. The van der Waals surface area contributed by atoms with Crippen molar-refractivity contribution >= 4 is 5.91 Å². The minimum atomic E-state index is -0.0238. The van der Waals surface area contributed by atoms with Gasteiger partial charge in [-0.3, -0.25) is 4.79 Å². The summed E-state index contributed by atoms with van der Waals surface area (Å²) in [5.74, 6) is 0.777. The predicted octanol–water partition coefficient (Wildman–Crippen LogP) is 1.62. The van der Waals surface area contributed by atoms with Crippen LogP contribution in [0, 0.1) is 11.8 Å². The molecular weight excluding hydrogens is 188 g/mol. The Labute approximate surface area is 93.0 Å². The maximum absolute atomic E-state index is 12.1. The monoisotopic (exact) mass is 212 g/mol. The highest BCUT2D eigenvalue weighted by Crippen LogP contribution is 2.24. The number of nitrogens with two attached hydrogens (primary N) is 1. The van der Waals surface area contributed by atoms with Crippen molar-refractivity contribution in [1.29, 1.82) is 0 Å². The molecule has 2 unspecified atom stereocenters. The molecule has 0 aromatic carbocycles. The zero-order valence-electron chi connectivity index (χ0n) is 10.2. The van der Waals surface area contributed by atoms with Crippen molar-refractivity contribution in [1.82, 2.24) is 4.90 Å². The molecule has 0 aromatic rings. The Bertz CT molecular complexity index is 216. The smallest absolute Gasteiger partial charge is 0.226 e. The van der Waals surface area contributed by atoms with Crippen LogP contribution in [0.25, 0.3) is 0 Å². The van der Waals surface area contributed by atoms with Crippen LogP contribution in [-0.4, -0.2) is 29.9 Å². The summed E-state index contributed by atoms with van der Waals surface area (Å²) in [7, 11) is 0. The first-order valence-electron chi connectivity index (χ1n) is 6.08. The van der Waals surface area contributed by atoms with E-state index >= 15 is 0 Å². The molecule has 3 heteroatoms. The molecule has 1 rings (SSSR count). The number of carbonyl (C=O) groups is 1. The van der Waals surface area contributed by atoms with Crippen LogP contribution in [-0.2, 0) is 4.79 Å². The average molecular weight is 212 g/mol. The third kappa shape index (κ3) is 2.94. The summed E-state index contributed by atoms with van der Waals surface area (Å²) < 4.78 is 0. The largest absolute Gasteiger partial charge is 0.339 e. The van der Waals surface area contributed by atoms with Crippen molar-refractivity contribution < 1.29 is 4.79 Å². The maximum Gasteiger partial charge on any atom is 0.226 e. The third-order valence-corrected chi connectivity index (χ3v) is 3.38. The molecule has 1 saturated heterocycles. The Morgan fingerprint density at radius 3 is 2.60 bits per heavy atom. The molecule has 1 heterocycles. The first-order chi connectivity index (χ1) is 7.07. The van der Waals surface area contributed by atoms with Crippen LogP contribution in [0.15, 0.2) is 0 Å². The van der Waals surface area contributed by atoms with E-state index in [9.17, 15) is 4.79 Å². The molecule has 0 radical (unpaired) electrons. The molecule has 0 saturated carbocycles. The molecule has 2 N–H and O–H groups in total. The standard InChI is InChI=1S/C12H24N2O/c1-9(2)11-6-4-5-7-14(11)12(15)10(3)8-13/h9-11H,4-8,13H2,1-3H3. The van der Waals surface area contributed by atoms with Crippen molar-refractivity contribution in [2.24, 2.45) is 17.6 Å². The van der Waals surface area contributed by atoms with Crippen molar-refractivity contribution in [3.05, 3.63) is 0 Å². The van der Waals surface area contributed by atoms with Gasteiger partial charge in [-0.2, -0.15) is 0 Å². The second kappa shape index (κ2) is 5.50. The molecular formula is C12H24N2O. The van der Waals surface area contributed by atoms with Crippen LogP contribution in [0.1, 0.15) is 40.0 Å². The lowest BCUT2D eigenvalue weighted by Crippen LogP contribution is -2.49. The molecule has 0 aromatic heterocycles. The van der Waals surface area contributed by atoms with Gasteiger partial charge in [0, 0.05) is 25.0 Å². The molecule has 15 heavy (non-hydrogen) atoms. The molecule has 88 valence electrons. The molecule has 1 fully saturated rings. The number of hydrogen-bond acceptors (Lipinski definition) is 2. The van der Waals surface area contributed by atoms with Crippen molar-refractivity contribution in [3.8, 4) is 0 Å². The van der Waals surface area contributed by atoms with Crippen LogP contribution in [0.4, 0.5) is 0 Å². The topological polar surface area (TPSA) is 46.3 Å². The molecule has 0 spiro atoms. The van der Waals surface area contributed by atoms with Gasteiger partial charge in [0.15, 0.2) is 0 Å². The number of likely N-dealkylation sites (tertiary alicyclic amines) is 1. The van der Waals surface area contributed by atoms with E-state index in [1.807, 2.05) is 6.92 Å². The third-order valence-electron chi connectivity index (χ3n) is 3.38. The van der Waals surface area contributed by atoms with Crippen molar-refractivity contribution in [2.45, 2.75) is 46.1 Å². The fraction of sp³-hybridized carbons (Fsp3) is 0.917. The summed E-state index contributed by atoms with van der Waals surface area (Å²) in [5, 5.41) is 0. The summed E-state index contributed by atoms with van der Waals surface area (Å²) in [4.78, 5) is 14.2. The number of carbonyl (C=O) groups excluding carboxylic acids is 1. The lowest BCUT2D eigenvalue weighted by molar-refractivity contribution is -0.139. The fourth-order valence-corrected chi connectivity index (χ4v) is 2.31. The van der Waals surface area contributed by atoms with Gasteiger partial charge in [-0.05, 0) is 25.2 Å². The van der Waals surface area contributed by atoms with Gasteiger partial charge < -0.3 is 10.6 Å². The molecule has 1 aliphatic rings. The molecule has 1 aliphatic heterocycles. The van der Waals surface area contributed by atoms with Gasteiger partial charge in [-0.1, -0.05) is 20.8 Å². The van der Waals surface area contributed by atoms with E-state index < -0.39 is 0 Å². The Kier molecular flexibility index (Phi) is 4.58. The van der Waals surface area contributed by atoms with Crippen molar-refractivity contribution in [2.75, 3.05) is 13.1 Å². The second-order valence-electron chi connectivity index (χ2n) is 4.98. The van der Waals surface area contributed by atoms with Gasteiger partial charge in [0.2, 0.25) is 5.91 Å². The zero-order chi connectivity index (χ0) is 11.4. The minimum Gasteiger partial charge on any atom is -0.339 e. The fourth-order valence-electron chi connectivity index (χ4n) is 2.31. The number of nitrogens with zero attached hydrogens (tertiary/aromatic N) is 1. The first kappa shape index (κ1) is 12.5. The van der Waals surface area contributed by atoms with E-state index in [0.29, 0.717) is 18.5 Å². The Balaban J connectivity index is 2.67. The highest BCUT2D eigenvalue weighted by molar-refractivity contribution is 5.79. The normalized spacial score (nSPS) is 24.3.